The zero-order valence-electron chi connectivity index (χ0n) is 33.5. The Morgan fingerprint density at radius 3 is 1.81 bits per heavy atom. The molecule has 0 heterocycles. The summed E-state index contributed by atoms with van der Waals surface area (Å²) in [5, 5.41) is 23.3. The van der Waals surface area contributed by atoms with Gasteiger partial charge in [-0.1, -0.05) is 44.2 Å². The lowest BCUT2D eigenvalue weighted by molar-refractivity contribution is -0.136. The summed E-state index contributed by atoms with van der Waals surface area (Å²) < 4.78 is 0. The summed E-state index contributed by atoms with van der Waals surface area (Å²) in [7, 11) is 0. The van der Waals surface area contributed by atoms with Crippen molar-refractivity contribution in [2.24, 2.45) is 57.0 Å². The van der Waals surface area contributed by atoms with Crippen molar-refractivity contribution >= 4 is 47.3 Å². The van der Waals surface area contributed by atoms with Crippen LogP contribution < -0.4 is 49.5 Å². The first-order valence-corrected chi connectivity index (χ1v) is 20.3. The lowest BCUT2D eigenvalue weighted by atomic mass is 9.49. The van der Waals surface area contributed by atoms with Gasteiger partial charge in [0.15, 0.2) is 5.96 Å². The minimum absolute atomic E-state index is 0.0181. The number of rotatable bonds is 23. The molecule has 4 aliphatic rings. The highest BCUT2D eigenvalue weighted by molar-refractivity contribution is 5.96. The molecule has 5 unspecified atom stereocenters. The third-order valence-electron chi connectivity index (χ3n) is 11.6. The average molecular weight is 811 g/mol. The molecule has 320 valence electrons. The van der Waals surface area contributed by atoms with Crippen LogP contribution >= 0.6 is 0 Å². The first kappa shape index (κ1) is 45.4. The summed E-state index contributed by atoms with van der Waals surface area (Å²) in [4.78, 5) is 95.5. The molecule has 18 heteroatoms. The van der Waals surface area contributed by atoms with Crippen LogP contribution in [0.2, 0.25) is 0 Å². The van der Waals surface area contributed by atoms with Crippen LogP contribution in [0.4, 0.5) is 0 Å². The van der Waals surface area contributed by atoms with Gasteiger partial charge in [-0.15, -0.1) is 0 Å². The first-order valence-electron chi connectivity index (χ1n) is 20.3. The number of aliphatic imine (C=N–C) groups is 1. The minimum atomic E-state index is -1.57. The topological polar surface area (TPSA) is 316 Å². The van der Waals surface area contributed by atoms with Gasteiger partial charge in [0.1, 0.15) is 30.2 Å². The van der Waals surface area contributed by atoms with Gasteiger partial charge in [0.05, 0.1) is 6.61 Å². The van der Waals surface area contributed by atoms with E-state index in [0.29, 0.717) is 24.2 Å². The largest absolute Gasteiger partial charge is 0.394 e. The predicted molar refractivity (Wildman–Crippen MR) is 214 cm³/mol. The lowest BCUT2D eigenvalue weighted by Crippen LogP contribution is -2.60. The Hall–Kier alpha value is -5.26. The molecule has 0 saturated heterocycles. The molecule has 4 fully saturated rings. The number of aliphatic hydroxyl groups excluding tert-OH is 1. The van der Waals surface area contributed by atoms with Gasteiger partial charge in [-0.25, -0.2) is 0 Å². The second kappa shape index (κ2) is 20.9. The van der Waals surface area contributed by atoms with E-state index in [9.17, 15) is 38.7 Å². The Labute approximate surface area is 339 Å². The Balaban J connectivity index is 1.47. The van der Waals surface area contributed by atoms with Gasteiger partial charge in [-0.3, -0.25) is 38.6 Å². The zero-order valence-corrected chi connectivity index (χ0v) is 33.5. The van der Waals surface area contributed by atoms with E-state index in [1.807, 2.05) is 30.3 Å². The number of nitrogens with zero attached hydrogens (tertiary/aromatic N) is 1. The molecule has 4 saturated carbocycles. The van der Waals surface area contributed by atoms with Crippen molar-refractivity contribution in [2.75, 3.05) is 13.2 Å². The quantitative estimate of drug-likeness (QED) is 0.0354. The van der Waals surface area contributed by atoms with Crippen molar-refractivity contribution in [3.8, 4) is 0 Å². The molecule has 7 amide bonds. The van der Waals surface area contributed by atoms with E-state index < -0.39 is 78.2 Å². The van der Waals surface area contributed by atoms with Gasteiger partial charge in [0, 0.05) is 25.8 Å². The fourth-order valence-electron chi connectivity index (χ4n) is 9.29. The zero-order chi connectivity index (χ0) is 42.6. The normalized spacial score (nSPS) is 23.0. The molecule has 58 heavy (non-hydrogen) atoms. The summed E-state index contributed by atoms with van der Waals surface area (Å²) in [5.74, 6) is -3.76. The van der Waals surface area contributed by atoms with Gasteiger partial charge in [0.2, 0.25) is 41.4 Å². The highest BCUT2D eigenvalue weighted by Gasteiger charge is 2.51. The Bertz CT molecular complexity index is 1630. The molecular weight excluding hydrogens is 749 g/mol. The number of carbonyl (C=O) groups excluding carboxylic acids is 7. The van der Waals surface area contributed by atoms with Gasteiger partial charge in [-0.2, -0.15) is 0 Å². The number of nitrogens with one attached hydrogen (secondary N) is 5. The summed E-state index contributed by atoms with van der Waals surface area (Å²) >= 11 is 0. The van der Waals surface area contributed by atoms with Gasteiger partial charge < -0.3 is 54.6 Å². The maximum absolute atomic E-state index is 14.1. The highest BCUT2D eigenvalue weighted by atomic mass is 16.3. The van der Waals surface area contributed by atoms with Crippen molar-refractivity contribution in [3.05, 3.63) is 35.9 Å². The second-order valence-electron chi connectivity index (χ2n) is 16.9. The number of guanidine groups is 1. The number of carbonyl (C=O) groups is 7. The monoisotopic (exact) mass is 810 g/mol. The van der Waals surface area contributed by atoms with Crippen LogP contribution in [0.25, 0.3) is 0 Å². The first-order chi connectivity index (χ1) is 27.5. The Kier molecular flexibility index (Phi) is 16.4. The number of aliphatic hydroxyl groups is 1. The third kappa shape index (κ3) is 13.4. The molecule has 14 N–H and O–H groups in total. The smallest absolute Gasteiger partial charge is 0.245 e. The molecule has 0 aromatic heterocycles. The van der Waals surface area contributed by atoms with E-state index in [0.717, 1.165) is 24.8 Å². The maximum atomic E-state index is 14.1. The van der Waals surface area contributed by atoms with Crippen LogP contribution in [0.1, 0.15) is 90.0 Å². The highest BCUT2D eigenvalue weighted by Crippen LogP contribution is 2.61. The molecule has 1 aromatic rings. The van der Waals surface area contributed by atoms with E-state index in [1.165, 1.54) is 19.3 Å². The van der Waals surface area contributed by atoms with E-state index in [4.69, 9.17) is 22.9 Å². The minimum Gasteiger partial charge on any atom is -0.394 e. The molecular formula is C40H62N10O8. The molecule has 5 rings (SSSR count). The van der Waals surface area contributed by atoms with Crippen molar-refractivity contribution in [1.29, 1.82) is 0 Å². The summed E-state index contributed by atoms with van der Waals surface area (Å²) in [6, 6.07) is 2.83. The number of amides is 7. The van der Waals surface area contributed by atoms with Crippen LogP contribution in [0.15, 0.2) is 35.3 Å². The van der Waals surface area contributed by atoms with Gasteiger partial charge in [-0.05, 0) is 92.4 Å². The number of primary amides is 2. The second-order valence-corrected chi connectivity index (χ2v) is 16.9. The molecule has 4 bridgehead atoms. The van der Waals surface area contributed by atoms with Crippen LogP contribution in [0, 0.1) is 29.1 Å². The SMILES string of the molecule is CC(C)C(NC(=O)C(CO)NC(=O)C(CCCN=C(N)N)NC(=O)C(Cc1ccccc1)NC(=O)CC12CC3CC(CC(C3)C1)C2)C(=O)NC(CCC(N)=O)C(N)=O. The summed E-state index contributed by atoms with van der Waals surface area (Å²) in [6.07, 6.45) is 7.12. The fourth-order valence-corrected chi connectivity index (χ4v) is 9.29. The molecule has 0 radical (unpaired) electrons. The molecule has 18 nitrogen and oxygen atoms in total. The van der Waals surface area contributed by atoms with Crippen molar-refractivity contribution in [3.63, 3.8) is 0 Å². The predicted octanol–water partition coefficient (Wildman–Crippen LogP) is -1.29. The lowest BCUT2D eigenvalue weighted by Gasteiger charge is -2.56. The van der Waals surface area contributed by atoms with Crippen LogP contribution in [-0.2, 0) is 40.0 Å². The Morgan fingerprint density at radius 1 is 0.724 bits per heavy atom. The number of hydrogen-bond acceptors (Lipinski definition) is 9. The van der Waals surface area contributed by atoms with Crippen molar-refractivity contribution in [1.82, 2.24) is 26.6 Å². The van der Waals surface area contributed by atoms with Crippen LogP contribution in [0.5, 0.6) is 0 Å². The summed E-state index contributed by atoms with van der Waals surface area (Å²) in [5.41, 5.74) is 22.3. The molecule has 1 aromatic carbocycles. The number of hydrogen-bond donors (Lipinski definition) is 10. The van der Waals surface area contributed by atoms with Crippen molar-refractivity contribution < 1.29 is 38.7 Å². The Morgan fingerprint density at radius 2 is 1.28 bits per heavy atom. The van der Waals surface area contributed by atoms with Gasteiger partial charge >= 0.3 is 0 Å². The van der Waals surface area contributed by atoms with E-state index in [1.54, 1.807) is 13.8 Å². The fraction of sp³-hybridized carbons (Fsp3) is 0.650. The molecule has 0 spiro atoms. The molecule has 5 atom stereocenters. The van der Waals surface area contributed by atoms with E-state index in [2.05, 4.69) is 31.6 Å². The number of nitrogens with two attached hydrogens (primary N) is 4. The average Bonchev–Trinajstić information content (AvgIpc) is 3.14. The molecule has 4 aliphatic carbocycles. The van der Waals surface area contributed by atoms with Crippen LogP contribution in [-0.4, -0.2) is 95.8 Å². The van der Waals surface area contributed by atoms with E-state index >= 15 is 0 Å². The van der Waals surface area contributed by atoms with E-state index in [-0.39, 0.29) is 55.9 Å². The maximum Gasteiger partial charge on any atom is 0.245 e. The van der Waals surface area contributed by atoms with Gasteiger partial charge in [0.25, 0.3) is 0 Å². The van der Waals surface area contributed by atoms with Crippen molar-refractivity contribution in [2.45, 2.75) is 121 Å². The number of benzene rings is 1. The summed E-state index contributed by atoms with van der Waals surface area (Å²) in [6.45, 7) is 2.49. The molecule has 0 aliphatic heterocycles. The van der Waals surface area contributed by atoms with Crippen LogP contribution in [0.3, 0.4) is 0 Å². The standard InChI is InChI=1S/C40H62N10O8/c1-22(2)33(38(58)47-27(34(42)54)10-11-31(41)52)50-37(57)30(21-51)49-35(55)28(9-6-12-45-39(43)44)48-36(56)29(16-23-7-4-3-5-8-23)46-32(53)20-40-17-24-13-25(18-40)15-26(14-24)19-40/h3-5,7-8,22,24-30,33,51H,6,9-21H2,1-2H3,(H2,41,52)(H2,42,54)(H,46,53)(H,47,58)(H,48,56)(H,49,55)(H,50,57)(H4,43,44,45). The third-order valence-corrected chi connectivity index (χ3v) is 11.6.